The normalized spacial score (nSPS) is 16.0. The first kappa shape index (κ1) is 14.4. The van der Waals surface area contributed by atoms with E-state index in [1.165, 1.54) is 0 Å². The Kier molecular flexibility index (Phi) is 5.57. The average molecular weight is 257 g/mol. The van der Waals surface area contributed by atoms with E-state index in [0.717, 1.165) is 12.8 Å². The molecule has 1 unspecified atom stereocenters. The minimum absolute atomic E-state index is 0.0203. The van der Waals surface area contributed by atoms with Gasteiger partial charge >= 0.3 is 5.97 Å². The number of nitrogens with two attached hydrogens (primary N) is 1. The lowest BCUT2D eigenvalue weighted by atomic mass is 10.1. The second kappa shape index (κ2) is 6.95. The van der Waals surface area contributed by atoms with E-state index in [4.69, 9.17) is 10.8 Å². The average Bonchev–Trinajstić information content (AvgIpc) is 3.07. The van der Waals surface area contributed by atoms with E-state index in [1.54, 1.807) is 0 Å². The van der Waals surface area contributed by atoms with Crippen LogP contribution in [0.2, 0.25) is 0 Å². The highest BCUT2D eigenvalue weighted by Crippen LogP contribution is 2.18. The van der Waals surface area contributed by atoms with Crippen LogP contribution in [0.25, 0.3) is 0 Å². The number of hydrogen-bond donors (Lipinski definition) is 4. The maximum absolute atomic E-state index is 11.5. The van der Waals surface area contributed by atoms with Gasteiger partial charge in [-0.3, -0.25) is 9.59 Å². The molecule has 0 aliphatic heterocycles. The van der Waals surface area contributed by atoms with Crippen molar-refractivity contribution < 1.29 is 19.5 Å². The summed E-state index contributed by atoms with van der Waals surface area (Å²) in [5.41, 5.74) is 4.94. The zero-order chi connectivity index (χ0) is 13.5. The van der Waals surface area contributed by atoms with Gasteiger partial charge in [-0.25, -0.2) is 4.79 Å². The second-order valence-electron chi connectivity index (χ2n) is 4.44. The van der Waals surface area contributed by atoms with E-state index < -0.39 is 17.9 Å². The summed E-state index contributed by atoms with van der Waals surface area (Å²) in [6, 6.07) is -0.533. The largest absolute Gasteiger partial charge is 0.480 e. The van der Waals surface area contributed by atoms with Crippen molar-refractivity contribution in [1.29, 1.82) is 0 Å². The summed E-state index contributed by atoms with van der Waals surface area (Å²) in [7, 11) is 0. The summed E-state index contributed by atoms with van der Waals surface area (Å²) in [5, 5.41) is 14.4. The molecule has 2 amide bonds. The molecule has 1 atom stereocenters. The minimum atomic E-state index is -1.15. The number of aliphatic carboxylic acids is 1. The van der Waals surface area contributed by atoms with E-state index in [2.05, 4.69) is 10.6 Å². The predicted octanol–water partition coefficient (Wildman–Crippen LogP) is -1.04. The van der Waals surface area contributed by atoms with Crippen molar-refractivity contribution in [2.75, 3.05) is 6.54 Å². The maximum atomic E-state index is 11.5. The number of carboxylic acid groups (broad SMARTS) is 1. The van der Waals surface area contributed by atoms with Crippen LogP contribution in [0.4, 0.5) is 0 Å². The first-order chi connectivity index (χ1) is 8.49. The van der Waals surface area contributed by atoms with Crippen LogP contribution in [-0.2, 0) is 14.4 Å². The molecule has 0 bridgehead atoms. The molecule has 0 aromatic heterocycles. The lowest BCUT2D eigenvalue weighted by molar-refractivity contribution is -0.142. The van der Waals surface area contributed by atoms with E-state index in [-0.39, 0.29) is 25.2 Å². The van der Waals surface area contributed by atoms with Crippen molar-refractivity contribution in [3.05, 3.63) is 0 Å². The summed E-state index contributed by atoms with van der Waals surface area (Å²) in [4.78, 5) is 32.9. The smallest absolute Gasteiger partial charge is 0.326 e. The van der Waals surface area contributed by atoms with Crippen LogP contribution in [0, 0.1) is 0 Å². The molecule has 102 valence electrons. The molecule has 0 heterocycles. The Bertz CT molecular complexity index is 328. The van der Waals surface area contributed by atoms with Crippen molar-refractivity contribution in [2.24, 2.45) is 5.73 Å². The van der Waals surface area contributed by atoms with Gasteiger partial charge in [0, 0.05) is 25.4 Å². The molecule has 7 nitrogen and oxygen atoms in total. The van der Waals surface area contributed by atoms with Gasteiger partial charge in [0.25, 0.3) is 0 Å². The Labute approximate surface area is 105 Å². The van der Waals surface area contributed by atoms with E-state index in [0.29, 0.717) is 12.6 Å². The molecule has 0 aromatic carbocycles. The molecule has 0 aromatic rings. The van der Waals surface area contributed by atoms with Crippen LogP contribution >= 0.6 is 0 Å². The van der Waals surface area contributed by atoms with Gasteiger partial charge in [-0.05, 0) is 19.3 Å². The SMILES string of the molecule is NC(=O)CCC(NC(=O)CCNC1CC1)C(=O)O. The quantitative estimate of drug-likeness (QED) is 0.420. The molecule has 1 rings (SSSR count). The molecule has 1 fully saturated rings. The molecule has 1 saturated carbocycles. The minimum Gasteiger partial charge on any atom is -0.480 e. The molecular formula is C11H19N3O4. The zero-order valence-electron chi connectivity index (χ0n) is 10.1. The number of carbonyl (C=O) groups excluding carboxylic acids is 2. The van der Waals surface area contributed by atoms with Gasteiger partial charge in [0.2, 0.25) is 11.8 Å². The van der Waals surface area contributed by atoms with Gasteiger partial charge < -0.3 is 21.5 Å². The van der Waals surface area contributed by atoms with Gasteiger partial charge in [0.05, 0.1) is 0 Å². The number of carbonyl (C=O) groups is 3. The van der Waals surface area contributed by atoms with Crippen LogP contribution in [0.1, 0.15) is 32.1 Å². The fourth-order valence-corrected chi connectivity index (χ4v) is 1.49. The monoisotopic (exact) mass is 257 g/mol. The summed E-state index contributed by atoms with van der Waals surface area (Å²) in [5.74, 6) is -2.06. The first-order valence-corrected chi connectivity index (χ1v) is 6.03. The third-order valence-corrected chi connectivity index (χ3v) is 2.68. The fourth-order valence-electron chi connectivity index (χ4n) is 1.49. The van der Waals surface area contributed by atoms with E-state index >= 15 is 0 Å². The van der Waals surface area contributed by atoms with Crippen LogP contribution < -0.4 is 16.4 Å². The van der Waals surface area contributed by atoms with Crippen molar-refractivity contribution >= 4 is 17.8 Å². The van der Waals surface area contributed by atoms with Crippen LogP contribution in [-0.4, -0.2) is 41.5 Å². The Morgan fingerprint density at radius 3 is 2.44 bits per heavy atom. The Balaban J connectivity index is 2.22. The number of nitrogens with one attached hydrogen (secondary N) is 2. The number of hydrogen-bond acceptors (Lipinski definition) is 4. The lowest BCUT2D eigenvalue weighted by Crippen LogP contribution is -2.42. The number of primary amides is 1. The van der Waals surface area contributed by atoms with Gasteiger partial charge in [0.15, 0.2) is 0 Å². The topological polar surface area (TPSA) is 122 Å². The summed E-state index contributed by atoms with van der Waals surface area (Å²) < 4.78 is 0. The highest BCUT2D eigenvalue weighted by molar-refractivity contribution is 5.84. The molecule has 0 radical (unpaired) electrons. The van der Waals surface area contributed by atoms with Gasteiger partial charge in [-0.15, -0.1) is 0 Å². The molecule has 1 aliphatic carbocycles. The van der Waals surface area contributed by atoms with E-state index in [1.807, 2.05) is 0 Å². The van der Waals surface area contributed by atoms with Gasteiger partial charge in [0.1, 0.15) is 6.04 Å². The second-order valence-corrected chi connectivity index (χ2v) is 4.44. The molecular weight excluding hydrogens is 238 g/mol. The summed E-state index contributed by atoms with van der Waals surface area (Å²) in [6.07, 6.45) is 2.47. The first-order valence-electron chi connectivity index (χ1n) is 6.03. The summed E-state index contributed by atoms with van der Waals surface area (Å²) in [6.45, 7) is 0.540. The Morgan fingerprint density at radius 1 is 1.28 bits per heavy atom. The Morgan fingerprint density at radius 2 is 1.94 bits per heavy atom. The molecule has 1 aliphatic rings. The van der Waals surface area contributed by atoms with E-state index in [9.17, 15) is 14.4 Å². The van der Waals surface area contributed by atoms with Crippen LogP contribution in [0.3, 0.4) is 0 Å². The fraction of sp³-hybridized carbons (Fsp3) is 0.727. The third-order valence-electron chi connectivity index (χ3n) is 2.68. The summed E-state index contributed by atoms with van der Waals surface area (Å²) >= 11 is 0. The highest BCUT2D eigenvalue weighted by Gasteiger charge is 2.22. The number of rotatable bonds is 9. The molecule has 7 heteroatoms. The van der Waals surface area contributed by atoms with Crippen molar-refractivity contribution in [2.45, 2.75) is 44.2 Å². The van der Waals surface area contributed by atoms with Crippen molar-refractivity contribution in [1.82, 2.24) is 10.6 Å². The molecule has 5 N–H and O–H groups in total. The maximum Gasteiger partial charge on any atom is 0.326 e. The van der Waals surface area contributed by atoms with Gasteiger partial charge in [-0.2, -0.15) is 0 Å². The highest BCUT2D eigenvalue weighted by atomic mass is 16.4. The lowest BCUT2D eigenvalue weighted by Gasteiger charge is -2.13. The molecule has 0 saturated heterocycles. The molecule has 0 spiro atoms. The van der Waals surface area contributed by atoms with Crippen molar-refractivity contribution in [3.63, 3.8) is 0 Å². The van der Waals surface area contributed by atoms with Crippen molar-refractivity contribution in [3.8, 4) is 0 Å². The molecule has 18 heavy (non-hydrogen) atoms. The van der Waals surface area contributed by atoms with Crippen LogP contribution in [0.15, 0.2) is 0 Å². The van der Waals surface area contributed by atoms with Gasteiger partial charge in [-0.1, -0.05) is 0 Å². The number of amides is 2. The standard InChI is InChI=1S/C11H19N3O4/c12-9(15)4-3-8(11(17)18)14-10(16)5-6-13-7-1-2-7/h7-8,13H,1-6H2,(H2,12,15)(H,14,16)(H,17,18). The zero-order valence-corrected chi connectivity index (χ0v) is 10.1. The van der Waals surface area contributed by atoms with Crippen LogP contribution in [0.5, 0.6) is 0 Å². The predicted molar refractivity (Wildman–Crippen MR) is 63.6 cm³/mol. The third kappa shape index (κ3) is 6.19. The number of carboxylic acids is 1. The Hall–Kier alpha value is -1.63.